The van der Waals surface area contributed by atoms with E-state index in [1.807, 2.05) is 0 Å². The molecular formula is C15H17NO6. The summed E-state index contributed by atoms with van der Waals surface area (Å²) in [5.41, 5.74) is 0.402. The fourth-order valence-electron chi connectivity index (χ4n) is 2.33. The predicted molar refractivity (Wildman–Crippen MR) is 77.0 cm³/mol. The second-order valence-corrected chi connectivity index (χ2v) is 4.99. The zero-order valence-electron chi connectivity index (χ0n) is 11.9. The number of rotatable bonds is 6. The fraction of sp³-hybridized carbons (Fsp3) is 0.400. The summed E-state index contributed by atoms with van der Waals surface area (Å²) in [6.45, 7) is 0.468. The van der Waals surface area contributed by atoms with E-state index in [9.17, 15) is 14.4 Å². The number of amides is 1. The Morgan fingerprint density at radius 3 is 2.64 bits per heavy atom. The number of carboxylic acid groups (broad SMARTS) is 2. The number of carbonyl (C=O) groups excluding carboxylic acids is 1. The molecule has 1 saturated heterocycles. The van der Waals surface area contributed by atoms with Crippen LogP contribution in [0, 0.1) is 0 Å². The van der Waals surface area contributed by atoms with Crippen LogP contribution in [-0.2, 0) is 14.3 Å². The first-order valence-electron chi connectivity index (χ1n) is 6.97. The molecule has 1 aromatic carbocycles. The molecule has 22 heavy (non-hydrogen) atoms. The minimum atomic E-state index is -1.11. The van der Waals surface area contributed by atoms with Crippen molar-refractivity contribution < 1.29 is 29.3 Å². The van der Waals surface area contributed by atoms with E-state index in [-0.39, 0.29) is 24.4 Å². The Morgan fingerprint density at radius 1 is 1.27 bits per heavy atom. The third-order valence-corrected chi connectivity index (χ3v) is 3.43. The lowest BCUT2D eigenvalue weighted by molar-refractivity contribution is -0.136. The summed E-state index contributed by atoms with van der Waals surface area (Å²) < 4.78 is 5.35. The zero-order valence-corrected chi connectivity index (χ0v) is 11.9. The molecule has 0 spiro atoms. The zero-order chi connectivity index (χ0) is 16.1. The molecule has 0 aliphatic carbocycles. The first kappa shape index (κ1) is 16.0. The molecule has 2 N–H and O–H groups in total. The molecule has 1 fully saturated rings. The van der Waals surface area contributed by atoms with E-state index >= 15 is 0 Å². The van der Waals surface area contributed by atoms with Crippen LogP contribution in [-0.4, -0.2) is 47.3 Å². The Kier molecular flexibility index (Phi) is 5.11. The topological polar surface area (TPSA) is 104 Å². The quantitative estimate of drug-likeness (QED) is 0.822. The van der Waals surface area contributed by atoms with Crippen LogP contribution in [0.25, 0.3) is 0 Å². The van der Waals surface area contributed by atoms with Crippen molar-refractivity contribution in [1.29, 1.82) is 0 Å². The largest absolute Gasteiger partial charge is 0.481 e. The van der Waals surface area contributed by atoms with Crippen molar-refractivity contribution in [2.45, 2.75) is 25.4 Å². The van der Waals surface area contributed by atoms with Crippen LogP contribution >= 0.6 is 0 Å². The number of nitrogens with zero attached hydrogens (tertiary/aromatic N) is 1. The molecule has 1 aromatic rings. The minimum Gasteiger partial charge on any atom is -0.481 e. The summed E-state index contributed by atoms with van der Waals surface area (Å²) in [6, 6.07) is 5.88. The van der Waals surface area contributed by atoms with Gasteiger partial charge >= 0.3 is 11.9 Å². The van der Waals surface area contributed by atoms with Crippen molar-refractivity contribution in [2.75, 3.05) is 18.1 Å². The van der Waals surface area contributed by atoms with Gasteiger partial charge < -0.3 is 19.8 Å². The molecule has 1 aliphatic rings. The van der Waals surface area contributed by atoms with Gasteiger partial charge in [-0.3, -0.25) is 9.59 Å². The third kappa shape index (κ3) is 3.82. The van der Waals surface area contributed by atoms with E-state index in [1.54, 1.807) is 6.07 Å². The lowest BCUT2D eigenvalue weighted by Gasteiger charge is -2.25. The van der Waals surface area contributed by atoms with Crippen molar-refractivity contribution in [3.63, 3.8) is 0 Å². The van der Waals surface area contributed by atoms with Gasteiger partial charge in [0.15, 0.2) is 0 Å². The highest BCUT2D eigenvalue weighted by molar-refractivity contribution is 5.98. The van der Waals surface area contributed by atoms with Crippen LogP contribution in [0.3, 0.4) is 0 Å². The molecule has 7 heteroatoms. The normalized spacial score (nSPS) is 17.2. The van der Waals surface area contributed by atoms with Crippen molar-refractivity contribution in [3.8, 4) is 0 Å². The Morgan fingerprint density at radius 2 is 2.05 bits per heavy atom. The second-order valence-electron chi connectivity index (χ2n) is 4.99. The average Bonchev–Trinajstić information content (AvgIpc) is 3.01. The number of ether oxygens (including phenoxy) is 1. The second kappa shape index (κ2) is 7.04. The molecule has 1 unspecified atom stereocenters. The van der Waals surface area contributed by atoms with Gasteiger partial charge in [0.05, 0.1) is 12.0 Å². The van der Waals surface area contributed by atoms with Crippen molar-refractivity contribution in [3.05, 3.63) is 29.8 Å². The van der Waals surface area contributed by atoms with Gasteiger partial charge in [-0.25, -0.2) is 4.79 Å². The van der Waals surface area contributed by atoms with Crippen LogP contribution in [0.4, 0.5) is 5.69 Å². The number of carboxylic acids is 2. The number of aromatic carboxylic acids is 1. The summed E-state index contributed by atoms with van der Waals surface area (Å²) in [4.78, 5) is 35.6. The van der Waals surface area contributed by atoms with E-state index in [2.05, 4.69) is 0 Å². The van der Waals surface area contributed by atoms with Crippen LogP contribution in [0.15, 0.2) is 24.3 Å². The molecule has 1 heterocycles. The van der Waals surface area contributed by atoms with E-state index in [4.69, 9.17) is 14.9 Å². The Hall–Kier alpha value is -2.41. The summed E-state index contributed by atoms with van der Waals surface area (Å²) in [5, 5.41) is 17.9. The maximum absolute atomic E-state index is 12.5. The van der Waals surface area contributed by atoms with Crippen molar-refractivity contribution in [2.24, 2.45) is 0 Å². The Bertz CT molecular complexity index is 579. The first-order chi connectivity index (χ1) is 10.5. The molecule has 0 bridgehead atoms. The number of hydrogen-bond donors (Lipinski definition) is 2. The van der Waals surface area contributed by atoms with Crippen molar-refractivity contribution >= 4 is 23.5 Å². The number of benzene rings is 1. The summed E-state index contributed by atoms with van der Waals surface area (Å²) in [7, 11) is 0. The summed E-state index contributed by atoms with van der Waals surface area (Å²) >= 11 is 0. The van der Waals surface area contributed by atoms with Gasteiger partial charge in [0.2, 0.25) is 0 Å². The Labute approximate surface area is 127 Å². The number of carbonyl (C=O) groups is 3. The molecule has 1 atom stereocenters. The predicted octanol–water partition coefficient (Wildman–Crippen LogP) is 1.37. The Balaban J connectivity index is 2.26. The standard InChI is InChI=1S/C15H17NO6/c17-13(18)6-7-16(14(19)12-5-2-8-22-12)11-4-1-3-10(9-11)15(20)21/h1,3-4,9,12H,2,5-8H2,(H,17,18)(H,20,21). The molecular weight excluding hydrogens is 290 g/mol. The highest BCUT2D eigenvalue weighted by Gasteiger charge is 2.29. The van der Waals surface area contributed by atoms with E-state index < -0.39 is 18.0 Å². The number of aliphatic carboxylic acids is 1. The van der Waals surface area contributed by atoms with Crippen molar-refractivity contribution in [1.82, 2.24) is 0 Å². The molecule has 118 valence electrons. The fourth-order valence-corrected chi connectivity index (χ4v) is 2.33. The highest BCUT2D eigenvalue weighted by atomic mass is 16.5. The number of anilines is 1. The molecule has 7 nitrogen and oxygen atoms in total. The monoisotopic (exact) mass is 307 g/mol. The van der Waals surface area contributed by atoms with Gasteiger partial charge in [-0.2, -0.15) is 0 Å². The maximum atomic E-state index is 12.5. The van der Waals surface area contributed by atoms with Gasteiger partial charge in [0.25, 0.3) is 5.91 Å². The van der Waals surface area contributed by atoms with E-state index in [1.165, 1.54) is 23.1 Å². The molecule has 0 radical (unpaired) electrons. The van der Waals surface area contributed by atoms with Gasteiger partial charge in [0, 0.05) is 18.8 Å². The van der Waals surface area contributed by atoms with Gasteiger partial charge in [-0.05, 0) is 31.0 Å². The van der Waals surface area contributed by atoms with Crippen LogP contribution in [0.2, 0.25) is 0 Å². The van der Waals surface area contributed by atoms with Gasteiger partial charge in [0.1, 0.15) is 6.10 Å². The van der Waals surface area contributed by atoms with Gasteiger partial charge in [-0.1, -0.05) is 6.07 Å². The molecule has 1 amide bonds. The lowest BCUT2D eigenvalue weighted by atomic mass is 10.1. The summed E-state index contributed by atoms with van der Waals surface area (Å²) in [5.74, 6) is -2.47. The van der Waals surface area contributed by atoms with E-state index in [0.29, 0.717) is 18.7 Å². The molecule has 1 aliphatic heterocycles. The number of hydrogen-bond acceptors (Lipinski definition) is 4. The summed E-state index contributed by atoms with van der Waals surface area (Å²) in [6.07, 6.45) is 0.539. The van der Waals surface area contributed by atoms with Crippen LogP contribution < -0.4 is 4.90 Å². The van der Waals surface area contributed by atoms with Crippen LogP contribution in [0.1, 0.15) is 29.6 Å². The maximum Gasteiger partial charge on any atom is 0.335 e. The minimum absolute atomic E-state index is 0.0307. The van der Waals surface area contributed by atoms with Gasteiger partial charge in [-0.15, -0.1) is 0 Å². The molecule has 2 rings (SSSR count). The lowest BCUT2D eigenvalue weighted by Crippen LogP contribution is -2.40. The molecule has 0 aromatic heterocycles. The van der Waals surface area contributed by atoms with E-state index in [0.717, 1.165) is 6.42 Å². The third-order valence-electron chi connectivity index (χ3n) is 3.43. The smallest absolute Gasteiger partial charge is 0.335 e. The van der Waals surface area contributed by atoms with Crippen LogP contribution in [0.5, 0.6) is 0 Å². The average molecular weight is 307 g/mol. The highest BCUT2D eigenvalue weighted by Crippen LogP contribution is 2.22. The first-order valence-corrected chi connectivity index (χ1v) is 6.97. The molecule has 0 saturated carbocycles. The SMILES string of the molecule is O=C(O)CCN(C(=O)C1CCCO1)c1cccc(C(=O)O)c1.